The van der Waals surface area contributed by atoms with E-state index in [1.807, 2.05) is 25.4 Å². The molecule has 0 spiro atoms. The van der Waals surface area contributed by atoms with Crippen LogP contribution in [-0.2, 0) is 7.05 Å². The first-order chi connectivity index (χ1) is 9.51. The Kier molecular flexibility index (Phi) is 3.58. The Bertz CT molecular complexity index is 809. The fourth-order valence-corrected chi connectivity index (χ4v) is 4.17. The van der Waals surface area contributed by atoms with E-state index < -0.39 is 0 Å². The van der Waals surface area contributed by atoms with Gasteiger partial charge in [-0.2, -0.15) is 5.10 Å². The third-order valence-corrected chi connectivity index (χ3v) is 5.37. The molecule has 0 amide bonds. The van der Waals surface area contributed by atoms with Gasteiger partial charge in [0.15, 0.2) is 5.13 Å². The zero-order chi connectivity index (χ0) is 14.4. The van der Waals surface area contributed by atoms with Crippen LogP contribution in [0, 0.1) is 0 Å². The van der Waals surface area contributed by atoms with Crippen LogP contribution in [-0.4, -0.2) is 21.0 Å². The largest absolute Gasteiger partial charge is 0.375 e. The Labute approximate surface area is 133 Å². The van der Waals surface area contributed by atoms with Crippen molar-refractivity contribution < 1.29 is 0 Å². The van der Waals surface area contributed by atoms with Crippen LogP contribution in [0.5, 0.6) is 0 Å². The maximum atomic E-state index is 6.39. The number of nitrogens with zero attached hydrogens (tertiary/aromatic N) is 3. The van der Waals surface area contributed by atoms with Crippen LogP contribution in [0.1, 0.15) is 0 Å². The lowest BCUT2D eigenvalue weighted by Crippen LogP contribution is -1.91. The van der Waals surface area contributed by atoms with Crippen molar-refractivity contribution in [3.05, 3.63) is 22.2 Å². The van der Waals surface area contributed by atoms with Crippen LogP contribution in [0.2, 0.25) is 10.0 Å². The van der Waals surface area contributed by atoms with E-state index in [-0.39, 0.29) is 0 Å². The van der Waals surface area contributed by atoms with Gasteiger partial charge in [0.05, 0.1) is 15.2 Å². The number of rotatable bonds is 2. The van der Waals surface area contributed by atoms with Crippen LogP contribution >= 0.6 is 46.3 Å². The molecule has 1 aromatic carbocycles. The molecule has 0 saturated carbocycles. The monoisotopic (exact) mass is 344 g/mol. The van der Waals surface area contributed by atoms with Gasteiger partial charge in [0.1, 0.15) is 15.7 Å². The minimum atomic E-state index is 0.519. The van der Waals surface area contributed by atoms with Crippen LogP contribution in [0.3, 0.4) is 0 Å². The third-order valence-electron chi connectivity index (χ3n) is 2.88. The average molecular weight is 345 g/mol. The molecule has 104 valence electrons. The molecule has 0 aliphatic carbocycles. The van der Waals surface area contributed by atoms with Gasteiger partial charge in [0, 0.05) is 12.6 Å². The SMILES string of the molecule is CSc1c(Cl)c(-c2cc3nc(N)sc3cc2Cl)nn1C. The molecule has 0 fully saturated rings. The molecule has 0 aliphatic rings. The predicted molar refractivity (Wildman–Crippen MR) is 88.0 cm³/mol. The summed E-state index contributed by atoms with van der Waals surface area (Å²) in [5.41, 5.74) is 7.96. The molecule has 0 bridgehead atoms. The maximum Gasteiger partial charge on any atom is 0.181 e. The summed E-state index contributed by atoms with van der Waals surface area (Å²) in [5.74, 6) is 0. The minimum Gasteiger partial charge on any atom is -0.375 e. The van der Waals surface area contributed by atoms with Crippen molar-refractivity contribution in [3.8, 4) is 11.3 Å². The molecule has 2 heterocycles. The Morgan fingerprint density at radius 3 is 2.75 bits per heavy atom. The van der Waals surface area contributed by atoms with Crippen LogP contribution in [0.4, 0.5) is 5.13 Å². The zero-order valence-corrected chi connectivity index (χ0v) is 13.8. The average Bonchev–Trinajstić information content (AvgIpc) is 2.87. The molecule has 0 unspecified atom stereocenters. The summed E-state index contributed by atoms with van der Waals surface area (Å²) in [6, 6.07) is 3.73. The van der Waals surface area contributed by atoms with E-state index in [0.717, 1.165) is 20.8 Å². The van der Waals surface area contributed by atoms with E-state index in [4.69, 9.17) is 28.9 Å². The van der Waals surface area contributed by atoms with Crippen molar-refractivity contribution in [2.75, 3.05) is 12.0 Å². The van der Waals surface area contributed by atoms with Gasteiger partial charge in [-0.25, -0.2) is 4.98 Å². The second-order valence-corrected chi connectivity index (χ2v) is 6.79. The normalized spacial score (nSPS) is 11.4. The predicted octanol–water partition coefficient (Wildman–Crippen LogP) is 4.31. The van der Waals surface area contributed by atoms with E-state index in [2.05, 4.69) is 10.1 Å². The van der Waals surface area contributed by atoms with Gasteiger partial charge in [0.25, 0.3) is 0 Å². The van der Waals surface area contributed by atoms with Crippen LogP contribution < -0.4 is 5.73 Å². The molecule has 0 saturated heterocycles. The van der Waals surface area contributed by atoms with E-state index in [1.54, 1.807) is 16.4 Å². The highest BCUT2D eigenvalue weighted by Crippen LogP contribution is 2.40. The number of aromatic nitrogens is 3. The number of fused-ring (bicyclic) bond motifs is 1. The lowest BCUT2D eigenvalue weighted by atomic mass is 10.1. The van der Waals surface area contributed by atoms with Gasteiger partial charge in [-0.15, -0.1) is 11.8 Å². The van der Waals surface area contributed by atoms with Gasteiger partial charge in [-0.1, -0.05) is 34.5 Å². The summed E-state index contributed by atoms with van der Waals surface area (Å²) < 4.78 is 2.70. The van der Waals surface area contributed by atoms with E-state index in [0.29, 0.717) is 20.9 Å². The number of thiazole rings is 1. The highest BCUT2D eigenvalue weighted by atomic mass is 35.5. The number of thioether (sulfide) groups is 1. The quantitative estimate of drug-likeness (QED) is 0.703. The van der Waals surface area contributed by atoms with Crippen molar-refractivity contribution in [2.24, 2.45) is 7.05 Å². The highest BCUT2D eigenvalue weighted by molar-refractivity contribution is 7.98. The van der Waals surface area contributed by atoms with E-state index >= 15 is 0 Å². The highest BCUT2D eigenvalue weighted by Gasteiger charge is 2.18. The molecular formula is C12H10Cl2N4S2. The number of aryl methyl sites for hydroxylation is 1. The molecule has 0 aliphatic heterocycles. The smallest absolute Gasteiger partial charge is 0.181 e. The second kappa shape index (κ2) is 5.11. The Morgan fingerprint density at radius 1 is 1.35 bits per heavy atom. The molecule has 0 atom stereocenters. The topological polar surface area (TPSA) is 56.7 Å². The Balaban J connectivity index is 2.26. The number of hydrogen-bond donors (Lipinski definition) is 1. The molecular weight excluding hydrogens is 335 g/mol. The van der Waals surface area contributed by atoms with Crippen molar-refractivity contribution >= 4 is 61.6 Å². The number of halogens is 2. The van der Waals surface area contributed by atoms with Gasteiger partial charge in [-0.05, 0) is 18.4 Å². The molecule has 8 heteroatoms. The molecule has 2 N–H and O–H groups in total. The third kappa shape index (κ3) is 2.16. The summed E-state index contributed by atoms with van der Waals surface area (Å²) in [5, 5.41) is 7.06. The molecule has 0 radical (unpaired) electrons. The number of benzene rings is 1. The van der Waals surface area contributed by atoms with E-state index in [1.165, 1.54) is 11.3 Å². The first-order valence-electron chi connectivity index (χ1n) is 5.63. The summed E-state index contributed by atoms with van der Waals surface area (Å²) in [7, 11) is 1.86. The maximum absolute atomic E-state index is 6.39. The first kappa shape index (κ1) is 14.0. The van der Waals surface area contributed by atoms with Crippen LogP contribution in [0.15, 0.2) is 17.2 Å². The zero-order valence-electron chi connectivity index (χ0n) is 10.6. The lowest BCUT2D eigenvalue weighted by molar-refractivity contribution is 0.702. The Hall–Kier alpha value is -0.950. The summed E-state index contributed by atoms with van der Waals surface area (Å²) >= 11 is 15.7. The molecule has 3 aromatic rings. The lowest BCUT2D eigenvalue weighted by Gasteiger charge is -2.01. The van der Waals surface area contributed by atoms with Gasteiger partial charge in [-0.3, -0.25) is 4.68 Å². The van der Waals surface area contributed by atoms with Crippen molar-refractivity contribution in [2.45, 2.75) is 5.03 Å². The van der Waals surface area contributed by atoms with Gasteiger partial charge >= 0.3 is 0 Å². The number of hydrogen-bond acceptors (Lipinski definition) is 5. The minimum absolute atomic E-state index is 0.519. The van der Waals surface area contributed by atoms with Gasteiger partial charge < -0.3 is 5.73 Å². The van der Waals surface area contributed by atoms with Crippen molar-refractivity contribution in [3.63, 3.8) is 0 Å². The van der Waals surface area contributed by atoms with E-state index in [9.17, 15) is 0 Å². The number of nitrogens with two attached hydrogens (primary N) is 1. The summed E-state index contributed by atoms with van der Waals surface area (Å²) in [6.07, 6.45) is 1.96. The van der Waals surface area contributed by atoms with Crippen molar-refractivity contribution in [1.29, 1.82) is 0 Å². The molecule has 20 heavy (non-hydrogen) atoms. The second-order valence-electron chi connectivity index (χ2n) is 4.15. The number of anilines is 1. The fourth-order valence-electron chi connectivity index (χ4n) is 2.02. The molecule has 4 nitrogen and oxygen atoms in total. The fraction of sp³-hybridized carbons (Fsp3) is 0.167. The standard InChI is InChI=1S/C12H10Cl2N4S2/c1-18-11(19-2)9(14)10(17-18)5-3-7-8(4-6(5)13)20-12(15)16-7/h3-4H,1-2H3,(H2,15,16). The molecule has 2 aromatic heterocycles. The summed E-state index contributed by atoms with van der Waals surface area (Å²) in [4.78, 5) is 4.27. The van der Waals surface area contributed by atoms with Gasteiger partial charge in [0.2, 0.25) is 0 Å². The molecule has 3 rings (SSSR count). The number of nitrogen functional groups attached to an aromatic ring is 1. The van der Waals surface area contributed by atoms with Crippen LogP contribution in [0.25, 0.3) is 21.5 Å². The first-order valence-corrected chi connectivity index (χ1v) is 8.43. The summed E-state index contributed by atoms with van der Waals surface area (Å²) in [6.45, 7) is 0. The van der Waals surface area contributed by atoms with Crippen molar-refractivity contribution in [1.82, 2.24) is 14.8 Å². The Morgan fingerprint density at radius 2 is 2.10 bits per heavy atom.